The molecule has 5 nitrogen and oxygen atoms in total. The van der Waals surface area contributed by atoms with E-state index in [2.05, 4.69) is 0 Å². The van der Waals surface area contributed by atoms with Crippen LogP contribution in [0, 0.1) is 11.3 Å². The second kappa shape index (κ2) is 5.09. The Morgan fingerprint density at radius 1 is 1.22 bits per heavy atom. The van der Waals surface area contributed by atoms with E-state index in [4.69, 9.17) is 0 Å². The predicted octanol–water partition coefficient (Wildman–Crippen LogP) is 2.12. The van der Waals surface area contributed by atoms with Crippen LogP contribution >= 0.6 is 11.8 Å². The van der Waals surface area contributed by atoms with Crippen LogP contribution in [-0.4, -0.2) is 40.8 Å². The summed E-state index contributed by atoms with van der Waals surface area (Å²) in [5.74, 6) is -0.846. The van der Waals surface area contributed by atoms with Crippen LogP contribution in [-0.2, 0) is 14.4 Å². The number of anilines is 1. The smallest absolute Gasteiger partial charge is 0.245 e. The first-order chi connectivity index (χ1) is 10.8. The van der Waals surface area contributed by atoms with Gasteiger partial charge in [0.2, 0.25) is 11.8 Å². The lowest BCUT2D eigenvalue weighted by molar-refractivity contribution is -0.170. The molecule has 0 radical (unpaired) electrons. The number of fused-ring (bicyclic) bond motifs is 3. The summed E-state index contributed by atoms with van der Waals surface area (Å²) in [6, 6.07) is 9.27. The minimum Gasteiger partial charge on any atom is -0.312 e. The number of hydrogen-bond acceptors (Lipinski definition) is 4. The van der Waals surface area contributed by atoms with E-state index in [1.54, 1.807) is 30.7 Å². The monoisotopic (exact) mass is 332 g/mol. The average molecular weight is 332 g/mol. The van der Waals surface area contributed by atoms with Crippen molar-refractivity contribution in [2.24, 2.45) is 11.3 Å². The molecule has 23 heavy (non-hydrogen) atoms. The molecule has 6 heteroatoms. The summed E-state index contributed by atoms with van der Waals surface area (Å²) in [4.78, 5) is 40.5. The third-order valence-electron chi connectivity index (χ3n) is 5.12. The van der Waals surface area contributed by atoms with E-state index < -0.39 is 16.3 Å². The molecule has 0 aromatic heterocycles. The minimum atomic E-state index is -1.18. The topological polar surface area (TPSA) is 57.7 Å². The average Bonchev–Trinajstić information content (AvgIpc) is 2.54. The lowest BCUT2D eigenvalue weighted by atomic mass is 9.68. The highest BCUT2D eigenvalue weighted by atomic mass is 32.2. The number of hydrogen-bond donors (Lipinski definition) is 0. The Bertz CT molecular complexity index is 692. The molecule has 0 spiro atoms. The Balaban J connectivity index is 2.28. The number of nitrogens with zero attached hydrogens (tertiary/aromatic N) is 2. The molecule has 122 valence electrons. The van der Waals surface area contributed by atoms with Gasteiger partial charge in [-0.2, -0.15) is 0 Å². The van der Waals surface area contributed by atoms with Gasteiger partial charge in [0.1, 0.15) is 11.2 Å². The second-order valence-electron chi connectivity index (χ2n) is 6.40. The van der Waals surface area contributed by atoms with Gasteiger partial charge in [-0.3, -0.25) is 19.3 Å². The maximum absolute atomic E-state index is 13.2. The fourth-order valence-electron chi connectivity index (χ4n) is 3.91. The Morgan fingerprint density at radius 3 is 2.35 bits per heavy atom. The van der Waals surface area contributed by atoms with Crippen molar-refractivity contribution in [3.8, 4) is 0 Å². The number of carbonyl (C=O) groups excluding carboxylic acids is 3. The van der Waals surface area contributed by atoms with Gasteiger partial charge in [-0.1, -0.05) is 18.2 Å². The Morgan fingerprint density at radius 2 is 1.83 bits per heavy atom. The molecule has 1 aromatic carbocycles. The lowest BCUT2D eigenvalue weighted by Crippen LogP contribution is -2.80. The van der Waals surface area contributed by atoms with Gasteiger partial charge < -0.3 is 4.90 Å². The van der Waals surface area contributed by atoms with Crippen molar-refractivity contribution < 1.29 is 14.4 Å². The molecule has 2 amide bonds. The van der Waals surface area contributed by atoms with Crippen LogP contribution in [0.2, 0.25) is 0 Å². The van der Waals surface area contributed by atoms with Gasteiger partial charge in [0.15, 0.2) is 4.99 Å². The van der Waals surface area contributed by atoms with Crippen molar-refractivity contribution in [3.05, 3.63) is 30.3 Å². The first-order valence-corrected chi connectivity index (χ1v) is 8.76. The summed E-state index contributed by atoms with van der Waals surface area (Å²) in [6.07, 6.45) is 2.12. The molecule has 3 aliphatic rings. The van der Waals surface area contributed by atoms with Gasteiger partial charge >= 0.3 is 0 Å². The van der Waals surface area contributed by atoms with Gasteiger partial charge in [0.05, 0.1) is 5.92 Å². The van der Waals surface area contributed by atoms with Gasteiger partial charge in [-0.25, -0.2) is 0 Å². The first-order valence-electron chi connectivity index (χ1n) is 7.54. The molecular formula is C17H20N2O3S. The summed E-state index contributed by atoms with van der Waals surface area (Å²) < 4.78 is 0. The number of rotatable bonds is 3. The van der Waals surface area contributed by atoms with Crippen molar-refractivity contribution in [3.63, 3.8) is 0 Å². The predicted molar refractivity (Wildman–Crippen MR) is 89.8 cm³/mol. The quantitative estimate of drug-likeness (QED) is 0.796. The molecule has 3 fully saturated rings. The number of benzene rings is 1. The molecule has 0 aliphatic carbocycles. The largest absolute Gasteiger partial charge is 0.312 e. The summed E-state index contributed by atoms with van der Waals surface area (Å²) >= 11 is 1.37. The summed E-state index contributed by atoms with van der Waals surface area (Å²) in [7, 11) is 1.69. The van der Waals surface area contributed by atoms with Crippen LogP contribution in [0.3, 0.4) is 0 Å². The molecule has 1 aromatic rings. The van der Waals surface area contributed by atoms with Crippen LogP contribution in [0.25, 0.3) is 0 Å². The molecule has 0 saturated carbocycles. The zero-order valence-electron chi connectivity index (χ0n) is 13.7. The number of ketones is 1. The van der Waals surface area contributed by atoms with Crippen molar-refractivity contribution in [2.45, 2.75) is 25.3 Å². The number of para-hydroxylation sites is 1. The van der Waals surface area contributed by atoms with E-state index in [9.17, 15) is 14.4 Å². The van der Waals surface area contributed by atoms with Crippen LogP contribution < -0.4 is 4.90 Å². The number of carbonyl (C=O) groups is 3. The third kappa shape index (κ3) is 1.84. The highest BCUT2D eigenvalue weighted by Crippen LogP contribution is 2.57. The van der Waals surface area contributed by atoms with Gasteiger partial charge in [0.25, 0.3) is 0 Å². The molecular weight excluding hydrogens is 312 g/mol. The van der Waals surface area contributed by atoms with E-state index >= 15 is 0 Å². The molecule has 0 unspecified atom stereocenters. The van der Waals surface area contributed by atoms with Gasteiger partial charge in [0, 0.05) is 12.7 Å². The van der Waals surface area contributed by atoms with Crippen molar-refractivity contribution in [1.29, 1.82) is 0 Å². The first kappa shape index (κ1) is 16.1. The maximum Gasteiger partial charge on any atom is 0.245 e. The van der Waals surface area contributed by atoms with Crippen molar-refractivity contribution in [1.82, 2.24) is 4.90 Å². The molecule has 3 heterocycles. The fraction of sp³-hybridized carbons (Fsp3) is 0.471. The number of Topliss-reactive ketones (excluding diaryl/α,β-unsaturated/α-hetero) is 1. The molecule has 0 N–H and O–H groups in total. The molecule has 3 saturated heterocycles. The van der Waals surface area contributed by atoms with Crippen LogP contribution in [0.4, 0.5) is 5.69 Å². The van der Waals surface area contributed by atoms with E-state index in [0.717, 1.165) is 0 Å². The Hall–Kier alpha value is -1.82. The van der Waals surface area contributed by atoms with E-state index in [1.807, 2.05) is 36.6 Å². The standard InChI is InChI=1S/C17H20N2O3S/c1-11(20)13-10-16(2)14(21)18(3)17(13,23-4)19(15(16)22)12-8-6-5-7-9-12/h5-9,13H,10H2,1-4H3/t13-,16-,17-/m1/s1. The van der Waals surface area contributed by atoms with Gasteiger partial charge in [-0.05, 0) is 38.7 Å². The fourth-order valence-corrected chi connectivity index (χ4v) is 5.17. The molecule has 3 aliphatic heterocycles. The molecule has 2 bridgehead atoms. The third-order valence-corrected chi connectivity index (χ3v) is 6.47. The van der Waals surface area contributed by atoms with E-state index in [-0.39, 0.29) is 24.0 Å². The zero-order valence-corrected chi connectivity index (χ0v) is 14.5. The molecule has 4 rings (SSSR count). The Kier molecular flexibility index (Phi) is 3.55. The minimum absolute atomic E-state index is 0.00152. The Labute approximate surface area is 140 Å². The summed E-state index contributed by atoms with van der Waals surface area (Å²) in [6.45, 7) is 3.20. The lowest BCUT2D eigenvalue weighted by Gasteiger charge is -2.63. The van der Waals surface area contributed by atoms with Crippen molar-refractivity contribution >= 4 is 35.0 Å². The second-order valence-corrected chi connectivity index (χ2v) is 7.41. The SMILES string of the molecule is CS[C@]12[C@@H](C(C)=O)C[C@](C)(C(=O)N1C)C(=O)N2c1ccccc1. The van der Waals surface area contributed by atoms with E-state index in [0.29, 0.717) is 5.69 Å². The van der Waals surface area contributed by atoms with Crippen LogP contribution in [0.5, 0.6) is 0 Å². The van der Waals surface area contributed by atoms with Crippen LogP contribution in [0.1, 0.15) is 20.3 Å². The summed E-state index contributed by atoms with van der Waals surface area (Å²) in [5, 5.41) is 0. The highest BCUT2D eigenvalue weighted by molar-refractivity contribution is 8.00. The maximum atomic E-state index is 13.2. The summed E-state index contributed by atoms with van der Waals surface area (Å²) in [5.41, 5.74) is -0.471. The van der Waals surface area contributed by atoms with Crippen molar-refractivity contribution in [2.75, 3.05) is 18.2 Å². The highest BCUT2D eigenvalue weighted by Gasteiger charge is 2.70. The number of amides is 2. The number of thioether (sulfide) groups is 1. The normalized spacial score (nSPS) is 33.3. The van der Waals surface area contributed by atoms with E-state index in [1.165, 1.54) is 11.8 Å². The van der Waals surface area contributed by atoms with Crippen LogP contribution in [0.15, 0.2) is 30.3 Å². The molecule has 3 atom stereocenters. The van der Waals surface area contributed by atoms with Gasteiger partial charge in [-0.15, -0.1) is 11.8 Å². The zero-order chi connectivity index (χ0) is 17.0. The number of piperidine rings is 2.